The van der Waals surface area contributed by atoms with Gasteiger partial charge in [-0.3, -0.25) is 4.79 Å². The first-order chi connectivity index (χ1) is 12.3. The molecule has 1 N–H and O–H groups in total. The van der Waals surface area contributed by atoms with E-state index >= 15 is 0 Å². The largest absolute Gasteiger partial charge is 0.456 e. The minimum Gasteiger partial charge on any atom is -0.456 e. The number of nitrogens with zero attached hydrogens (tertiary/aromatic N) is 2. The first-order valence-electron chi connectivity index (χ1n) is 8.47. The van der Waals surface area contributed by atoms with E-state index in [4.69, 9.17) is 14.4 Å². The summed E-state index contributed by atoms with van der Waals surface area (Å²) in [7, 11) is 1.64. The number of aliphatic hydroxyl groups excluding tert-OH is 1. The molecule has 1 aliphatic heterocycles. The zero-order valence-corrected chi connectivity index (χ0v) is 15.1. The Balaban J connectivity index is 1.76. The Morgan fingerprint density at radius 2 is 2.00 bits per heavy atom. The summed E-state index contributed by atoms with van der Waals surface area (Å²) in [5, 5.41) is 13.0. The Labute approximate surface area is 151 Å². The molecule has 2 aromatic rings. The molecule has 0 saturated carbocycles. The van der Waals surface area contributed by atoms with Gasteiger partial charge in [0.05, 0.1) is 6.61 Å². The molecule has 138 valence electrons. The zero-order chi connectivity index (χ0) is 18.9. The lowest BCUT2D eigenvalue weighted by Crippen LogP contribution is -2.36. The van der Waals surface area contributed by atoms with Gasteiger partial charge >= 0.3 is 5.97 Å². The van der Waals surface area contributed by atoms with Crippen molar-refractivity contribution in [2.75, 3.05) is 20.2 Å². The monoisotopic (exact) mass is 358 g/mol. The lowest BCUT2D eigenvalue weighted by Gasteiger charge is -2.28. The van der Waals surface area contributed by atoms with E-state index in [0.717, 1.165) is 5.56 Å². The Morgan fingerprint density at radius 1 is 1.31 bits per heavy atom. The van der Waals surface area contributed by atoms with E-state index in [1.807, 2.05) is 26.0 Å². The number of esters is 1. The van der Waals surface area contributed by atoms with Crippen molar-refractivity contribution in [2.24, 2.45) is 0 Å². The number of fused-ring (bicyclic) bond motifs is 1. The van der Waals surface area contributed by atoms with E-state index in [2.05, 4.69) is 5.16 Å². The number of hydrogen-bond donors (Lipinski definition) is 1. The smallest absolute Gasteiger partial charge is 0.344 e. The number of amides is 1. The summed E-state index contributed by atoms with van der Waals surface area (Å²) in [5.74, 6) is -0.102. The van der Waals surface area contributed by atoms with E-state index < -0.39 is 11.6 Å². The maximum absolute atomic E-state index is 12.3. The number of hydrogen-bond acceptors (Lipinski definition) is 6. The molecule has 1 amide bonds. The van der Waals surface area contributed by atoms with Gasteiger partial charge in [-0.05, 0) is 31.5 Å². The van der Waals surface area contributed by atoms with Crippen molar-refractivity contribution in [1.82, 2.24) is 10.1 Å². The van der Waals surface area contributed by atoms with E-state index in [9.17, 15) is 9.59 Å². The van der Waals surface area contributed by atoms with Gasteiger partial charge < -0.3 is 19.3 Å². The number of rotatable bonds is 5. The summed E-state index contributed by atoms with van der Waals surface area (Å²) in [6, 6.07) is 7.06. The van der Waals surface area contributed by atoms with Crippen molar-refractivity contribution in [3.8, 4) is 0 Å². The van der Waals surface area contributed by atoms with Crippen molar-refractivity contribution in [3.63, 3.8) is 0 Å². The lowest BCUT2D eigenvalue weighted by molar-refractivity contribution is -0.00700. The predicted octanol–water partition coefficient (Wildman–Crippen LogP) is 1.82. The molecule has 1 aliphatic rings. The molecule has 26 heavy (non-hydrogen) atoms. The second kappa shape index (κ2) is 6.92. The fraction of sp³-hybridized carbons (Fsp3) is 0.421. The Morgan fingerprint density at radius 3 is 2.65 bits per heavy atom. The van der Waals surface area contributed by atoms with Gasteiger partial charge in [-0.15, -0.1) is 0 Å². The number of aliphatic hydroxyl groups is 1. The highest BCUT2D eigenvalue weighted by molar-refractivity contribution is 5.94. The van der Waals surface area contributed by atoms with Crippen LogP contribution in [-0.4, -0.2) is 52.8 Å². The molecule has 0 saturated heterocycles. The van der Waals surface area contributed by atoms with Crippen molar-refractivity contribution in [1.29, 1.82) is 0 Å². The fourth-order valence-corrected chi connectivity index (χ4v) is 3.00. The predicted molar refractivity (Wildman–Crippen MR) is 93.0 cm³/mol. The summed E-state index contributed by atoms with van der Waals surface area (Å²) in [5.41, 5.74) is 1.88. The molecule has 0 spiro atoms. The topological polar surface area (TPSA) is 92.9 Å². The van der Waals surface area contributed by atoms with Crippen molar-refractivity contribution in [2.45, 2.75) is 32.3 Å². The Bertz CT molecular complexity index is 823. The van der Waals surface area contributed by atoms with Gasteiger partial charge in [0.15, 0.2) is 5.76 Å². The van der Waals surface area contributed by atoms with Gasteiger partial charge in [0.1, 0.15) is 16.9 Å². The first-order valence-corrected chi connectivity index (χ1v) is 8.47. The molecule has 2 heterocycles. The minimum atomic E-state index is -0.583. The van der Waals surface area contributed by atoms with Gasteiger partial charge in [0.25, 0.3) is 5.91 Å². The summed E-state index contributed by atoms with van der Waals surface area (Å²) in [4.78, 5) is 25.9. The van der Waals surface area contributed by atoms with E-state index in [0.29, 0.717) is 35.4 Å². The molecule has 7 nitrogen and oxygen atoms in total. The molecule has 1 aromatic heterocycles. The van der Waals surface area contributed by atoms with Gasteiger partial charge in [0.2, 0.25) is 0 Å². The highest BCUT2D eigenvalue weighted by atomic mass is 16.6. The van der Waals surface area contributed by atoms with Crippen LogP contribution in [0.2, 0.25) is 0 Å². The van der Waals surface area contributed by atoms with Crippen LogP contribution in [0.3, 0.4) is 0 Å². The second-order valence-electron chi connectivity index (χ2n) is 7.08. The van der Waals surface area contributed by atoms with Crippen LogP contribution < -0.4 is 0 Å². The third-order valence-corrected chi connectivity index (χ3v) is 4.35. The number of aromatic nitrogens is 1. The van der Waals surface area contributed by atoms with E-state index in [-0.39, 0.29) is 19.1 Å². The molecule has 0 atom stereocenters. The number of carbonyl (C=O) groups excluding carboxylic acids is 2. The van der Waals surface area contributed by atoms with Crippen molar-refractivity contribution in [3.05, 3.63) is 52.4 Å². The van der Waals surface area contributed by atoms with Crippen LogP contribution in [0, 0.1) is 0 Å². The van der Waals surface area contributed by atoms with Crippen LogP contribution in [0.5, 0.6) is 0 Å². The molecular weight excluding hydrogens is 336 g/mol. The first kappa shape index (κ1) is 18.1. The highest BCUT2D eigenvalue weighted by Gasteiger charge is 2.37. The van der Waals surface area contributed by atoms with Gasteiger partial charge in [0, 0.05) is 32.0 Å². The summed E-state index contributed by atoms with van der Waals surface area (Å²) in [6.45, 7) is 3.88. The number of carbonyl (C=O) groups is 2. The number of cyclic esters (lactones) is 1. The number of ether oxygens (including phenoxy) is 1. The lowest BCUT2D eigenvalue weighted by atomic mass is 9.94. The third-order valence-electron chi connectivity index (χ3n) is 4.35. The molecular formula is C19H22N2O5. The molecule has 0 unspecified atom stereocenters. The molecule has 0 aliphatic carbocycles. The molecule has 0 radical (unpaired) electrons. The molecule has 0 fully saturated rings. The highest BCUT2D eigenvalue weighted by Crippen LogP contribution is 2.30. The Hall–Kier alpha value is -2.67. The van der Waals surface area contributed by atoms with Crippen LogP contribution in [0.1, 0.15) is 51.6 Å². The van der Waals surface area contributed by atoms with Crippen LogP contribution in [0.15, 0.2) is 28.8 Å². The zero-order valence-electron chi connectivity index (χ0n) is 15.1. The van der Waals surface area contributed by atoms with Gasteiger partial charge in [-0.1, -0.05) is 17.3 Å². The van der Waals surface area contributed by atoms with Gasteiger partial charge in [-0.2, -0.15) is 0 Å². The normalized spacial score (nSPS) is 15.3. The van der Waals surface area contributed by atoms with Gasteiger partial charge in [-0.25, -0.2) is 4.79 Å². The maximum atomic E-state index is 12.3. The molecule has 3 rings (SSSR count). The third kappa shape index (κ3) is 3.62. The van der Waals surface area contributed by atoms with Crippen LogP contribution in [0.25, 0.3) is 0 Å². The minimum absolute atomic E-state index is 0.0795. The summed E-state index contributed by atoms with van der Waals surface area (Å²) < 4.78 is 10.8. The van der Waals surface area contributed by atoms with Crippen LogP contribution in [-0.2, 0) is 17.6 Å². The molecule has 7 heteroatoms. The Kier molecular flexibility index (Phi) is 4.82. The van der Waals surface area contributed by atoms with E-state index in [1.54, 1.807) is 19.2 Å². The average molecular weight is 358 g/mol. The molecule has 0 bridgehead atoms. The van der Waals surface area contributed by atoms with Crippen LogP contribution in [0.4, 0.5) is 0 Å². The summed E-state index contributed by atoms with van der Waals surface area (Å²) >= 11 is 0. The summed E-state index contributed by atoms with van der Waals surface area (Å²) in [6.07, 6.45) is 0.904. The maximum Gasteiger partial charge on any atom is 0.344 e. The van der Waals surface area contributed by atoms with Crippen LogP contribution >= 0.6 is 0 Å². The number of benzene rings is 1. The average Bonchev–Trinajstić information content (AvgIpc) is 2.96. The van der Waals surface area contributed by atoms with E-state index in [1.165, 1.54) is 4.90 Å². The number of likely N-dealkylation sites (N-methyl/N-ethyl adjacent to an activating group) is 1. The SMILES string of the molecule is CN(CCO)C(=O)c1ccc(Cc2onc3c2C(=O)OC(C)(C)C3)cc1. The molecule has 1 aromatic carbocycles. The van der Waals surface area contributed by atoms with Crippen molar-refractivity contribution < 1.29 is 24.0 Å². The fourth-order valence-electron chi connectivity index (χ4n) is 3.00. The quantitative estimate of drug-likeness (QED) is 0.820. The standard InChI is InChI=1S/C19H22N2O5/c1-19(2)11-14-16(18(24)25-19)15(26-20-14)10-12-4-6-13(7-5-12)17(23)21(3)8-9-22/h4-7,22H,8-11H2,1-3H3. The van der Waals surface area contributed by atoms with Crippen molar-refractivity contribution >= 4 is 11.9 Å². The second-order valence-corrected chi connectivity index (χ2v) is 7.08.